The van der Waals surface area contributed by atoms with Gasteiger partial charge in [-0.05, 0) is 23.6 Å². The van der Waals surface area contributed by atoms with Crippen molar-refractivity contribution in [1.29, 1.82) is 0 Å². The van der Waals surface area contributed by atoms with Crippen molar-refractivity contribution >= 4 is 38.0 Å². The predicted octanol–water partition coefficient (Wildman–Crippen LogP) is 3.11. The maximum Gasteiger partial charge on any atom is 0.271 e. The third-order valence-corrected chi connectivity index (χ3v) is 5.68. The van der Waals surface area contributed by atoms with Crippen LogP contribution in [-0.4, -0.2) is 20.5 Å². The summed E-state index contributed by atoms with van der Waals surface area (Å²) in [4.78, 5) is 4.24. The molecule has 0 spiro atoms. The molecular weight excluding hydrogens is 308 g/mol. The van der Waals surface area contributed by atoms with Crippen LogP contribution >= 0.6 is 11.3 Å². The monoisotopic (exact) mass is 320 g/mol. The van der Waals surface area contributed by atoms with Crippen LogP contribution in [0.15, 0.2) is 52.2 Å². The summed E-state index contributed by atoms with van der Waals surface area (Å²) in [6, 6.07) is 10.3. The molecule has 0 atom stereocenters. The number of rotatable bonds is 4. The summed E-state index contributed by atoms with van der Waals surface area (Å²) < 4.78 is 32.7. The van der Waals surface area contributed by atoms with Gasteiger partial charge in [-0.1, -0.05) is 12.1 Å². The van der Waals surface area contributed by atoms with Gasteiger partial charge in [0.2, 0.25) is 0 Å². The van der Waals surface area contributed by atoms with Gasteiger partial charge in [-0.15, -0.1) is 11.3 Å². The quantitative estimate of drug-likeness (QED) is 0.802. The molecule has 0 fully saturated rings. The van der Waals surface area contributed by atoms with Crippen LogP contribution in [0.5, 0.6) is 5.75 Å². The molecule has 3 rings (SSSR count). The van der Waals surface area contributed by atoms with Gasteiger partial charge < -0.3 is 4.74 Å². The maximum absolute atomic E-state index is 12.3. The molecule has 3 aromatic rings. The number of nitrogens with zero attached hydrogens (tertiary/aromatic N) is 1. The number of benzene rings is 1. The topological polar surface area (TPSA) is 68.3 Å². The van der Waals surface area contributed by atoms with Gasteiger partial charge in [-0.3, -0.25) is 9.71 Å². The molecule has 21 heavy (non-hydrogen) atoms. The molecule has 0 aliphatic rings. The van der Waals surface area contributed by atoms with Gasteiger partial charge in [0, 0.05) is 17.6 Å². The summed E-state index contributed by atoms with van der Waals surface area (Å²) in [5.74, 6) is 0.569. The molecule has 0 aliphatic carbocycles. The number of fused-ring (bicyclic) bond motifs is 1. The second kappa shape index (κ2) is 5.34. The Morgan fingerprint density at radius 2 is 2.10 bits per heavy atom. The number of ether oxygens (including phenoxy) is 1. The summed E-state index contributed by atoms with van der Waals surface area (Å²) in [5.41, 5.74) is 0.983. The highest BCUT2D eigenvalue weighted by Gasteiger charge is 2.17. The lowest BCUT2D eigenvalue weighted by Crippen LogP contribution is -2.12. The lowest BCUT2D eigenvalue weighted by molar-refractivity contribution is 0.415. The number of anilines is 1. The predicted molar refractivity (Wildman–Crippen MR) is 83.4 cm³/mol. The van der Waals surface area contributed by atoms with Crippen LogP contribution in [0.3, 0.4) is 0 Å². The number of thiophene rings is 1. The Morgan fingerprint density at radius 3 is 2.81 bits per heavy atom. The van der Waals surface area contributed by atoms with E-state index >= 15 is 0 Å². The Morgan fingerprint density at radius 1 is 1.24 bits per heavy atom. The van der Waals surface area contributed by atoms with Crippen molar-refractivity contribution in [2.75, 3.05) is 11.8 Å². The fraction of sp³-hybridized carbons (Fsp3) is 0.0714. The molecule has 0 aliphatic heterocycles. The molecule has 0 unspecified atom stereocenters. The summed E-state index contributed by atoms with van der Waals surface area (Å²) in [6.07, 6.45) is 1.62. The number of aromatic nitrogens is 1. The van der Waals surface area contributed by atoms with E-state index in [0.717, 1.165) is 16.7 Å². The summed E-state index contributed by atoms with van der Waals surface area (Å²) >= 11 is 1.16. The van der Waals surface area contributed by atoms with Crippen LogP contribution < -0.4 is 9.46 Å². The van der Waals surface area contributed by atoms with Gasteiger partial charge in [0.15, 0.2) is 0 Å². The van der Waals surface area contributed by atoms with E-state index in [9.17, 15) is 8.42 Å². The largest absolute Gasteiger partial charge is 0.497 e. The van der Waals surface area contributed by atoms with E-state index < -0.39 is 10.0 Å². The minimum absolute atomic E-state index is 0.259. The zero-order chi connectivity index (χ0) is 14.9. The van der Waals surface area contributed by atoms with Gasteiger partial charge in [-0.25, -0.2) is 8.42 Å². The first-order chi connectivity index (χ1) is 10.1. The van der Waals surface area contributed by atoms with Crippen molar-refractivity contribution in [2.45, 2.75) is 4.21 Å². The zero-order valence-electron chi connectivity index (χ0n) is 11.1. The van der Waals surface area contributed by atoms with E-state index in [2.05, 4.69) is 9.71 Å². The normalized spacial score (nSPS) is 11.5. The lowest BCUT2D eigenvalue weighted by Gasteiger charge is -2.11. The first kappa shape index (κ1) is 13.8. The third kappa shape index (κ3) is 2.70. The molecule has 0 saturated heterocycles. The van der Waals surface area contributed by atoms with Gasteiger partial charge in [0.25, 0.3) is 10.0 Å². The summed E-state index contributed by atoms with van der Waals surface area (Å²) in [6.45, 7) is 0. The van der Waals surface area contributed by atoms with Gasteiger partial charge in [0.05, 0.1) is 18.3 Å². The molecule has 0 saturated carbocycles. The molecule has 108 valence electrons. The fourth-order valence-electron chi connectivity index (χ4n) is 1.97. The molecule has 1 N–H and O–H groups in total. The van der Waals surface area contributed by atoms with Crippen LogP contribution in [0.4, 0.5) is 5.69 Å². The molecular formula is C14H12N2O3S2. The number of sulfonamides is 1. The third-order valence-electron chi connectivity index (χ3n) is 2.92. The SMILES string of the molecule is COc1cc(NS(=O)(=O)c2cccs2)c2ncccc2c1. The second-order valence-corrected chi connectivity index (χ2v) is 7.14. The maximum atomic E-state index is 12.3. The standard InChI is InChI=1S/C14H12N2O3S2/c1-19-11-8-10-4-2-6-15-14(10)12(9-11)16-21(17,18)13-5-3-7-20-13/h2-9,16H,1H3. The molecule has 0 amide bonds. The first-order valence-electron chi connectivity index (χ1n) is 6.09. The van der Waals surface area contributed by atoms with Crippen molar-refractivity contribution in [3.05, 3.63) is 48.0 Å². The van der Waals surface area contributed by atoms with Crippen LogP contribution in [-0.2, 0) is 10.0 Å². The Hall–Kier alpha value is -2.12. The van der Waals surface area contributed by atoms with Gasteiger partial charge in [-0.2, -0.15) is 0 Å². The number of pyridine rings is 1. The van der Waals surface area contributed by atoms with Crippen molar-refractivity contribution in [3.63, 3.8) is 0 Å². The highest BCUT2D eigenvalue weighted by molar-refractivity contribution is 7.94. The van der Waals surface area contributed by atoms with E-state index in [1.807, 2.05) is 12.1 Å². The average molecular weight is 320 g/mol. The second-order valence-electron chi connectivity index (χ2n) is 4.29. The van der Waals surface area contributed by atoms with E-state index in [-0.39, 0.29) is 4.21 Å². The zero-order valence-corrected chi connectivity index (χ0v) is 12.7. The number of hydrogen-bond acceptors (Lipinski definition) is 5. The van der Waals surface area contributed by atoms with Crippen LogP contribution in [0.1, 0.15) is 0 Å². The highest BCUT2D eigenvalue weighted by Crippen LogP contribution is 2.30. The van der Waals surface area contributed by atoms with Crippen molar-refractivity contribution < 1.29 is 13.2 Å². The minimum atomic E-state index is -3.61. The van der Waals surface area contributed by atoms with Crippen LogP contribution in [0.25, 0.3) is 10.9 Å². The van der Waals surface area contributed by atoms with E-state index in [1.165, 1.54) is 7.11 Å². The van der Waals surface area contributed by atoms with E-state index in [0.29, 0.717) is 17.0 Å². The molecule has 2 heterocycles. The number of hydrogen-bond donors (Lipinski definition) is 1. The highest BCUT2D eigenvalue weighted by atomic mass is 32.2. The Balaban J connectivity index is 2.12. The van der Waals surface area contributed by atoms with Crippen LogP contribution in [0, 0.1) is 0 Å². The molecule has 0 bridgehead atoms. The van der Waals surface area contributed by atoms with Crippen molar-refractivity contribution in [3.8, 4) is 5.75 Å². The molecule has 1 aromatic carbocycles. The van der Waals surface area contributed by atoms with E-state index in [4.69, 9.17) is 4.74 Å². The molecule has 2 aromatic heterocycles. The number of methoxy groups -OCH3 is 1. The number of nitrogens with one attached hydrogen (secondary N) is 1. The first-order valence-corrected chi connectivity index (χ1v) is 8.45. The summed E-state index contributed by atoms with van der Waals surface area (Å²) in [5, 5.41) is 2.52. The van der Waals surface area contributed by atoms with Crippen molar-refractivity contribution in [2.24, 2.45) is 0 Å². The summed E-state index contributed by atoms with van der Waals surface area (Å²) in [7, 11) is -2.08. The van der Waals surface area contributed by atoms with Gasteiger partial charge in [0.1, 0.15) is 9.96 Å². The Bertz CT molecular complexity index is 874. The molecule has 5 nitrogen and oxygen atoms in total. The molecule has 7 heteroatoms. The van der Waals surface area contributed by atoms with Crippen LogP contribution in [0.2, 0.25) is 0 Å². The minimum Gasteiger partial charge on any atom is -0.497 e. The Kier molecular flexibility index (Phi) is 3.52. The smallest absolute Gasteiger partial charge is 0.271 e. The Labute approximate surface area is 126 Å². The van der Waals surface area contributed by atoms with Crippen molar-refractivity contribution in [1.82, 2.24) is 4.98 Å². The average Bonchev–Trinajstić information content (AvgIpc) is 3.02. The fourth-order valence-corrected chi connectivity index (χ4v) is 4.02. The molecule has 0 radical (unpaired) electrons. The van der Waals surface area contributed by atoms with Gasteiger partial charge >= 0.3 is 0 Å². The lowest BCUT2D eigenvalue weighted by atomic mass is 10.2. The van der Waals surface area contributed by atoms with E-state index in [1.54, 1.807) is 35.8 Å².